The van der Waals surface area contributed by atoms with Crippen molar-refractivity contribution in [3.8, 4) is 68.3 Å². The molecule has 51 heavy (non-hydrogen) atoms. The number of aromatic nitrogens is 6. The van der Waals surface area contributed by atoms with Crippen molar-refractivity contribution in [1.82, 2.24) is 29.9 Å². The SMILES string of the molecule is [C-]#[N+]c1cccc(-c2nc(-c3ccccc3)nc(-c3ccc(-c4nc(-c5ccccc5)nc(-c5ccc(C6CC7CCC6C7)cc5)n4)cc3)n2)c1. The Morgan fingerprint density at radius 1 is 0.431 bits per heavy atom. The lowest BCUT2D eigenvalue weighted by molar-refractivity contribution is 0.420. The third kappa shape index (κ3) is 6.17. The number of hydrogen-bond donors (Lipinski definition) is 0. The van der Waals surface area contributed by atoms with Crippen LogP contribution in [0.25, 0.3) is 73.2 Å². The summed E-state index contributed by atoms with van der Waals surface area (Å²) in [4.78, 5) is 33.0. The topological polar surface area (TPSA) is 81.7 Å². The van der Waals surface area contributed by atoms with E-state index in [1.165, 1.54) is 31.2 Å². The Hall–Kier alpha value is -6.39. The molecular weight excluding hydrogens is 627 g/mol. The summed E-state index contributed by atoms with van der Waals surface area (Å²) in [6.07, 6.45) is 5.48. The molecule has 3 atom stereocenters. The van der Waals surface area contributed by atoms with Gasteiger partial charge in [0.25, 0.3) is 0 Å². The molecule has 7 heteroatoms. The predicted octanol–water partition coefficient (Wildman–Crippen LogP) is 10.5. The predicted molar refractivity (Wildman–Crippen MR) is 200 cm³/mol. The van der Waals surface area contributed by atoms with Gasteiger partial charge >= 0.3 is 0 Å². The summed E-state index contributed by atoms with van der Waals surface area (Å²) in [6.45, 7) is 7.48. The standard InChI is InChI=1S/C44H33N7/c1-45-37-14-8-13-36(27-37)44-50-40(31-11-6-3-7-12-31)48-43(51-44)34-23-21-33(22-24-34)42-47-39(30-9-4-2-5-10-30)46-41(49-42)32-19-17-29(18-20-32)38-26-28-15-16-35(38)25-28/h2-14,17-24,27-28,35,38H,15-16,25-26H2. The van der Waals surface area contributed by atoms with Gasteiger partial charge in [0.15, 0.2) is 40.6 Å². The van der Waals surface area contributed by atoms with Gasteiger partial charge in [0.05, 0.1) is 6.57 Å². The van der Waals surface area contributed by atoms with Crippen molar-refractivity contribution in [1.29, 1.82) is 0 Å². The van der Waals surface area contributed by atoms with Crippen LogP contribution in [0, 0.1) is 18.4 Å². The highest BCUT2D eigenvalue weighted by molar-refractivity contribution is 5.71. The van der Waals surface area contributed by atoms with Gasteiger partial charge in [0, 0.05) is 33.4 Å². The van der Waals surface area contributed by atoms with Crippen LogP contribution >= 0.6 is 0 Å². The van der Waals surface area contributed by atoms with Gasteiger partial charge in [-0.05, 0) is 48.6 Å². The summed E-state index contributed by atoms with van der Waals surface area (Å²) in [5, 5.41) is 0. The average Bonchev–Trinajstić information content (AvgIpc) is 3.86. The highest BCUT2D eigenvalue weighted by atomic mass is 15.0. The van der Waals surface area contributed by atoms with Gasteiger partial charge in [-0.1, -0.05) is 134 Å². The number of nitrogens with zero attached hydrogens (tertiary/aromatic N) is 7. The molecule has 9 rings (SSSR count). The van der Waals surface area contributed by atoms with Crippen LogP contribution in [0.3, 0.4) is 0 Å². The Morgan fingerprint density at radius 2 is 0.863 bits per heavy atom. The zero-order valence-corrected chi connectivity index (χ0v) is 27.9. The average molecular weight is 660 g/mol. The molecule has 0 N–H and O–H groups in total. The molecule has 0 radical (unpaired) electrons. The first-order chi connectivity index (χ1) is 25.2. The number of rotatable bonds is 7. The molecule has 7 nitrogen and oxygen atoms in total. The van der Waals surface area contributed by atoms with E-state index in [0.29, 0.717) is 46.6 Å². The monoisotopic (exact) mass is 659 g/mol. The molecule has 3 unspecified atom stereocenters. The van der Waals surface area contributed by atoms with Gasteiger partial charge in [-0.3, -0.25) is 0 Å². The molecule has 2 aliphatic rings. The lowest BCUT2D eigenvalue weighted by atomic mass is 9.83. The summed E-state index contributed by atoms with van der Waals surface area (Å²) < 4.78 is 0. The lowest BCUT2D eigenvalue weighted by Crippen LogP contribution is -2.08. The van der Waals surface area contributed by atoms with Crippen molar-refractivity contribution in [3.05, 3.63) is 150 Å². The highest BCUT2D eigenvalue weighted by Gasteiger charge is 2.40. The number of fused-ring (bicyclic) bond motifs is 2. The minimum atomic E-state index is 0.509. The van der Waals surface area contributed by atoms with Crippen LogP contribution in [0.15, 0.2) is 133 Å². The van der Waals surface area contributed by atoms with Crippen LogP contribution in [-0.2, 0) is 0 Å². The molecule has 2 aliphatic carbocycles. The molecule has 5 aromatic carbocycles. The minimum absolute atomic E-state index is 0.509. The molecule has 0 amide bonds. The maximum atomic E-state index is 7.48. The highest BCUT2D eigenvalue weighted by Crippen LogP contribution is 2.53. The van der Waals surface area contributed by atoms with E-state index in [9.17, 15) is 0 Å². The fourth-order valence-electron chi connectivity index (χ4n) is 7.72. The second-order valence-corrected chi connectivity index (χ2v) is 13.5. The van der Waals surface area contributed by atoms with E-state index in [2.05, 4.69) is 29.1 Å². The fraction of sp³-hybridized carbons (Fsp3) is 0.159. The number of hydrogen-bond acceptors (Lipinski definition) is 6. The molecule has 2 aromatic heterocycles. The van der Waals surface area contributed by atoms with Gasteiger partial charge < -0.3 is 0 Å². The first-order valence-corrected chi connectivity index (χ1v) is 17.5. The summed E-state index contributed by atoms with van der Waals surface area (Å²) in [7, 11) is 0. The van der Waals surface area contributed by atoms with Crippen molar-refractivity contribution < 1.29 is 0 Å². The first-order valence-electron chi connectivity index (χ1n) is 17.5. The molecule has 2 saturated carbocycles. The van der Waals surface area contributed by atoms with Crippen LogP contribution in [0.1, 0.15) is 37.2 Å². The maximum absolute atomic E-state index is 7.48. The lowest BCUT2D eigenvalue weighted by Gasteiger charge is -2.22. The van der Waals surface area contributed by atoms with Crippen LogP contribution in [-0.4, -0.2) is 29.9 Å². The minimum Gasteiger partial charge on any atom is -0.238 e. The van der Waals surface area contributed by atoms with Gasteiger partial charge in [0.1, 0.15) is 0 Å². The Labute approximate surface area is 297 Å². The summed E-state index contributed by atoms with van der Waals surface area (Å²) in [6, 6.07) is 44.2. The van der Waals surface area contributed by atoms with E-state index in [4.69, 9.17) is 36.5 Å². The Kier molecular flexibility index (Phi) is 7.90. The van der Waals surface area contributed by atoms with Gasteiger partial charge in [-0.15, -0.1) is 0 Å². The van der Waals surface area contributed by atoms with Crippen LogP contribution < -0.4 is 0 Å². The Balaban J connectivity index is 1.08. The van der Waals surface area contributed by atoms with Crippen molar-refractivity contribution in [2.75, 3.05) is 0 Å². The largest absolute Gasteiger partial charge is 0.238 e. The molecule has 0 spiro atoms. The van der Waals surface area contributed by atoms with Crippen LogP contribution in [0.4, 0.5) is 5.69 Å². The fourth-order valence-corrected chi connectivity index (χ4v) is 7.72. The second-order valence-electron chi connectivity index (χ2n) is 13.5. The third-order valence-corrected chi connectivity index (χ3v) is 10.3. The molecule has 7 aromatic rings. The first kappa shape index (κ1) is 30.7. The van der Waals surface area contributed by atoms with Crippen molar-refractivity contribution >= 4 is 5.69 Å². The molecule has 2 fully saturated rings. The van der Waals surface area contributed by atoms with Crippen LogP contribution in [0.5, 0.6) is 0 Å². The van der Waals surface area contributed by atoms with Gasteiger partial charge in [0.2, 0.25) is 0 Å². The van der Waals surface area contributed by atoms with Gasteiger partial charge in [-0.25, -0.2) is 34.7 Å². The zero-order chi connectivity index (χ0) is 34.1. The third-order valence-electron chi connectivity index (χ3n) is 10.3. The van der Waals surface area contributed by atoms with Crippen molar-refractivity contribution in [2.45, 2.75) is 31.6 Å². The van der Waals surface area contributed by atoms with E-state index < -0.39 is 0 Å². The molecule has 2 bridgehead atoms. The van der Waals surface area contributed by atoms with E-state index >= 15 is 0 Å². The Bertz CT molecular complexity index is 2390. The van der Waals surface area contributed by atoms with E-state index in [-0.39, 0.29) is 0 Å². The Morgan fingerprint density at radius 3 is 1.29 bits per heavy atom. The summed E-state index contributed by atoms with van der Waals surface area (Å²) in [5.41, 5.74) is 7.22. The van der Waals surface area contributed by atoms with E-state index in [1.807, 2.05) is 97.1 Å². The smallest absolute Gasteiger partial charge is 0.187 e. The molecule has 2 heterocycles. The van der Waals surface area contributed by atoms with Crippen molar-refractivity contribution in [3.63, 3.8) is 0 Å². The quantitative estimate of drug-likeness (QED) is 0.158. The van der Waals surface area contributed by atoms with E-state index in [1.54, 1.807) is 12.1 Å². The number of benzene rings is 5. The maximum Gasteiger partial charge on any atom is 0.187 e. The normalized spacial score (nSPS) is 17.7. The second kappa shape index (κ2) is 13.1. The van der Waals surface area contributed by atoms with Crippen LogP contribution in [0.2, 0.25) is 0 Å². The zero-order valence-electron chi connectivity index (χ0n) is 27.9. The molecule has 0 saturated heterocycles. The summed E-state index contributed by atoms with van der Waals surface area (Å²) in [5.74, 6) is 5.91. The molecule has 0 aliphatic heterocycles. The molecular formula is C44H33N7. The van der Waals surface area contributed by atoms with Crippen molar-refractivity contribution in [2.24, 2.45) is 11.8 Å². The molecule has 244 valence electrons. The van der Waals surface area contributed by atoms with Gasteiger partial charge in [-0.2, -0.15) is 0 Å². The van der Waals surface area contributed by atoms with E-state index in [0.717, 1.165) is 45.2 Å². The summed E-state index contributed by atoms with van der Waals surface area (Å²) >= 11 is 0.